The number of aromatic nitrogens is 3. The van der Waals surface area contributed by atoms with Crippen molar-refractivity contribution in [3.05, 3.63) is 84.6 Å². The molecule has 0 amide bonds. The summed E-state index contributed by atoms with van der Waals surface area (Å²) < 4.78 is 9.08. The highest BCUT2D eigenvalue weighted by Crippen LogP contribution is 2.32. The van der Waals surface area contributed by atoms with Crippen LogP contribution in [0, 0.1) is 6.92 Å². The third-order valence-corrected chi connectivity index (χ3v) is 6.62. The standard InChI is InChI=1S/C29H31N7OS/c1-20-16-21-8-7-13-30-27(21)26(17-20)34-28-29(33-25-12-5-4-11-24(25)32-28)35-38-23-10-6-9-22(18-23)31-19-37-15-14-36(2)3/h4-13,16-18,31H,14-15,19H2,1-3H3,(H,32,34)(H,33,35). The summed E-state index contributed by atoms with van der Waals surface area (Å²) in [4.78, 5) is 17.5. The lowest BCUT2D eigenvalue weighted by atomic mass is 10.1. The van der Waals surface area contributed by atoms with Gasteiger partial charge in [-0.15, -0.1) is 0 Å². The zero-order valence-electron chi connectivity index (χ0n) is 21.7. The Bertz CT molecular complexity index is 1540. The predicted octanol–water partition coefficient (Wildman–Crippen LogP) is 6.30. The van der Waals surface area contributed by atoms with Gasteiger partial charge in [-0.05, 0) is 87.1 Å². The maximum Gasteiger partial charge on any atom is 0.180 e. The fourth-order valence-electron chi connectivity index (χ4n) is 3.95. The molecule has 38 heavy (non-hydrogen) atoms. The number of rotatable bonds is 11. The molecule has 2 heterocycles. The molecule has 5 aromatic rings. The van der Waals surface area contributed by atoms with E-state index in [0.29, 0.717) is 25.0 Å². The normalized spacial score (nSPS) is 11.3. The van der Waals surface area contributed by atoms with Crippen LogP contribution < -0.4 is 15.4 Å². The van der Waals surface area contributed by atoms with E-state index in [2.05, 4.69) is 62.5 Å². The van der Waals surface area contributed by atoms with Gasteiger partial charge in [-0.1, -0.05) is 24.3 Å². The average molecular weight is 526 g/mol. The molecule has 0 saturated heterocycles. The van der Waals surface area contributed by atoms with E-state index in [1.807, 2.05) is 56.6 Å². The zero-order chi connectivity index (χ0) is 26.3. The maximum atomic E-state index is 5.66. The van der Waals surface area contributed by atoms with Crippen molar-refractivity contribution in [2.75, 3.05) is 49.3 Å². The summed E-state index contributed by atoms with van der Waals surface area (Å²) in [7, 11) is 4.07. The van der Waals surface area contributed by atoms with E-state index in [-0.39, 0.29) is 0 Å². The van der Waals surface area contributed by atoms with Gasteiger partial charge in [-0.3, -0.25) is 4.98 Å². The molecule has 0 unspecified atom stereocenters. The summed E-state index contributed by atoms with van der Waals surface area (Å²) >= 11 is 1.48. The first-order chi connectivity index (χ1) is 18.5. The number of benzene rings is 3. The van der Waals surface area contributed by atoms with E-state index in [1.165, 1.54) is 11.9 Å². The Kier molecular flexibility index (Phi) is 8.18. The van der Waals surface area contributed by atoms with Crippen LogP contribution in [0.2, 0.25) is 0 Å². The molecule has 0 fully saturated rings. The predicted molar refractivity (Wildman–Crippen MR) is 158 cm³/mol. The van der Waals surface area contributed by atoms with Crippen molar-refractivity contribution < 1.29 is 4.74 Å². The van der Waals surface area contributed by atoms with E-state index >= 15 is 0 Å². The Morgan fingerprint density at radius 3 is 2.53 bits per heavy atom. The Labute approximate surface area is 227 Å². The van der Waals surface area contributed by atoms with E-state index in [4.69, 9.17) is 14.7 Å². The lowest BCUT2D eigenvalue weighted by Gasteiger charge is -2.15. The van der Waals surface area contributed by atoms with Crippen LogP contribution in [0.25, 0.3) is 21.9 Å². The molecule has 0 aliphatic rings. The second kappa shape index (κ2) is 12.1. The monoisotopic (exact) mass is 525 g/mol. The Balaban J connectivity index is 1.36. The molecule has 5 rings (SSSR count). The molecule has 3 aromatic carbocycles. The number of anilines is 4. The minimum Gasteiger partial charge on any atom is -0.363 e. The highest BCUT2D eigenvalue weighted by molar-refractivity contribution is 8.00. The SMILES string of the molecule is Cc1cc(Nc2nc3ccccc3nc2NSc2cccc(NCOCCN(C)C)c2)c2ncccc2c1. The van der Waals surface area contributed by atoms with Gasteiger partial charge in [0.2, 0.25) is 0 Å². The van der Waals surface area contributed by atoms with Crippen molar-refractivity contribution in [2.24, 2.45) is 0 Å². The summed E-state index contributed by atoms with van der Waals surface area (Å²) in [6.45, 7) is 4.10. The highest BCUT2D eigenvalue weighted by Gasteiger charge is 2.13. The van der Waals surface area contributed by atoms with Gasteiger partial charge in [0.25, 0.3) is 0 Å². The molecule has 0 bridgehead atoms. The van der Waals surface area contributed by atoms with Crippen molar-refractivity contribution in [1.82, 2.24) is 19.9 Å². The molecule has 0 atom stereocenters. The summed E-state index contributed by atoms with van der Waals surface area (Å²) in [6, 6.07) is 24.3. The summed E-state index contributed by atoms with van der Waals surface area (Å²) in [6.07, 6.45) is 1.80. The fraction of sp³-hybridized carbons (Fsp3) is 0.207. The summed E-state index contributed by atoms with van der Waals surface area (Å²) in [5, 5.41) is 7.89. The maximum absolute atomic E-state index is 5.66. The van der Waals surface area contributed by atoms with Crippen LogP contribution in [0.5, 0.6) is 0 Å². The van der Waals surface area contributed by atoms with Gasteiger partial charge in [-0.2, -0.15) is 0 Å². The zero-order valence-corrected chi connectivity index (χ0v) is 22.5. The van der Waals surface area contributed by atoms with Gasteiger partial charge in [-0.25, -0.2) is 9.97 Å². The smallest absolute Gasteiger partial charge is 0.180 e. The highest BCUT2D eigenvalue weighted by atomic mass is 32.2. The number of fused-ring (bicyclic) bond motifs is 2. The first kappa shape index (κ1) is 25.7. The third kappa shape index (κ3) is 6.49. The average Bonchev–Trinajstić information content (AvgIpc) is 2.91. The van der Waals surface area contributed by atoms with Crippen molar-refractivity contribution in [3.8, 4) is 0 Å². The molecule has 2 aromatic heterocycles. The molecule has 3 N–H and O–H groups in total. The van der Waals surface area contributed by atoms with Crippen molar-refractivity contribution >= 4 is 56.9 Å². The van der Waals surface area contributed by atoms with E-state index in [9.17, 15) is 0 Å². The quantitative estimate of drug-likeness (QED) is 0.104. The second-order valence-corrected chi connectivity index (χ2v) is 10.1. The van der Waals surface area contributed by atoms with Gasteiger partial charge in [0.05, 0.1) is 28.8 Å². The van der Waals surface area contributed by atoms with Crippen molar-refractivity contribution in [2.45, 2.75) is 11.8 Å². The molecule has 0 saturated carbocycles. The van der Waals surface area contributed by atoms with Crippen LogP contribution in [-0.4, -0.2) is 53.8 Å². The van der Waals surface area contributed by atoms with E-state index in [1.54, 1.807) is 6.20 Å². The van der Waals surface area contributed by atoms with Gasteiger partial charge in [0.15, 0.2) is 11.6 Å². The minimum atomic E-state index is 0.456. The van der Waals surface area contributed by atoms with Gasteiger partial charge >= 0.3 is 0 Å². The van der Waals surface area contributed by atoms with Gasteiger partial charge in [0, 0.05) is 28.7 Å². The van der Waals surface area contributed by atoms with Gasteiger partial charge in [0.1, 0.15) is 6.73 Å². The topological polar surface area (TPSA) is 87.2 Å². The third-order valence-electron chi connectivity index (χ3n) is 5.83. The molecular formula is C29H31N7OS. The molecule has 9 heteroatoms. The van der Waals surface area contributed by atoms with Crippen LogP contribution >= 0.6 is 11.9 Å². The number of pyridine rings is 1. The second-order valence-electron chi connectivity index (χ2n) is 9.19. The molecule has 0 aliphatic heterocycles. The first-order valence-electron chi connectivity index (χ1n) is 12.4. The molecule has 0 aliphatic carbocycles. The van der Waals surface area contributed by atoms with Gasteiger partial charge < -0.3 is 25.0 Å². The van der Waals surface area contributed by atoms with Crippen molar-refractivity contribution in [3.63, 3.8) is 0 Å². The minimum absolute atomic E-state index is 0.456. The number of hydrogen-bond acceptors (Lipinski definition) is 9. The molecule has 0 radical (unpaired) electrons. The van der Waals surface area contributed by atoms with E-state index < -0.39 is 0 Å². The number of ether oxygens (including phenoxy) is 1. The number of para-hydroxylation sites is 2. The fourth-order valence-corrected chi connectivity index (χ4v) is 4.64. The lowest BCUT2D eigenvalue weighted by Crippen LogP contribution is -2.19. The van der Waals surface area contributed by atoms with Crippen LogP contribution in [0.15, 0.2) is 83.9 Å². The number of nitrogens with zero attached hydrogens (tertiary/aromatic N) is 4. The Morgan fingerprint density at radius 1 is 0.895 bits per heavy atom. The number of nitrogens with one attached hydrogen (secondary N) is 3. The van der Waals surface area contributed by atoms with Crippen LogP contribution in [0.1, 0.15) is 5.56 Å². The lowest BCUT2D eigenvalue weighted by molar-refractivity contribution is 0.133. The summed E-state index contributed by atoms with van der Waals surface area (Å²) in [5.41, 5.74) is 5.54. The molecule has 8 nitrogen and oxygen atoms in total. The largest absolute Gasteiger partial charge is 0.363 e. The van der Waals surface area contributed by atoms with Crippen LogP contribution in [-0.2, 0) is 4.74 Å². The molecule has 0 spiro atoms. The first-order valence-corrected chi connectivity index (χ1v) is 13.3. The molecular weight excluding hydrogens is 494 g/mol. The Morgan fingerprint density at radius 2 is 1.71 bits per heavy atom. The number of aryl methyl sites for hydroxylation is 1. The van der Waals surface area contributed by atoms with Crippen LogP contribution in [0.4, 0.5) is 23.0 Å². The number of likely N-dealkylation sites (N-methyl/N-ethyl adjacent to an activating group) is 1. The Hall–Kier alpha value is -3.92. The number of hydrogen-bond donors (Lipinski definition) is 3. The van der Waals surface area contributed by atoms with E-state index in [0.717, 1.165) is 50.3 Å². The summed E-state index contributed by atoms with van der Waals surface area (Å²) in [5.74, 6) is 1.28. The van der Waals surface area contributed by atoms with Crippen LogP contribution in [0.3, 0.4) is 0 Å². The van der Waals surface area contributed by atoms with Crippen molar-refractivity contribution in [1.29, 1.82) is 0 Å². The molecule has 194 valence electrons.